The van der Waals surface area contributed by atoms with Gasteiger partial charge in [0.05, 0.1) is 41.2 Å². The molecule has 8 heteroatoms. The summed E-state index contributed by atoms with van der Waals surface area (Å²) < 4.78 is 7.01. The number of hydrogen-bond acceptors (Lipinski definition) is 6. The van der Waals surface area contributed by atoms with Crippen LogP contribution in [0.25, 0.3) is 16.6 Å². The van der Waals surface area contributed by atoms with E-state index in [2.05, 4.69) is 19.2 Å². The monoisotopic (exact) mass is 520 g/mol. The van der Waals surface area contributed by atoms with Gasteiger partial charge in [-0.25, -0.2) is 9.88 Å². The molecule has 4 heterocycles. The lowest BCUT2D eigenvalue weighted by Crippen LogP contribution is -2.50. The summed E-state index contributed by atoms with van der Waals surface area (Å²) in [7, 11) is 1.55. The van der Waals surface area contributed by atoms with E-state index >= 15 is 0 Å². The van der Waals surface area contributed by atoms with Crippen LogP contribution in [0.4, 0.5) is 5.69 Å². The lowest BCUT2D eigenvalue weighted by Gasteiger charge is -2.32. The van der Waals surface area contributed by atoms with Crippen molar-refractivity contribution in [2.24, 2.45) is 17.8 Å². The van der Waals surface area contributed by atoms with Crippen LogP contribution >= 0.6 is 0 Å². The number of anilines is 1. The van der Waals surface area contributed by atoms with E-state index in [4.69, 9.17) is 9.72 Å². The maximum Gasteiger partial charge on any atom is 0.266 e. The van der Waals surface area contributed by atoms with Crippen LogP contribution in [-0.4, -0.2) is 34.5 Å². The van der Waals surface area contributed by atoms with Gasteiger partial charge in [-0.05, 0) is 42.7 Å². The highest BCUT2D eigenvalue weighted by Gasteiger charge is 2.69. The number of nitrogens with one attached hydrogen (secondary N) is 1. The Morgan fingerprint density at radius 1 is 0.974 bits per heavy atom. The summed E-state index contributed by atoms with van der Waals surface area (Å²) in [4.78, 5) is 48.9. The molecular weight excluding hydrogens is 492 g/mol. The summed E-state index contributed by atoms with van der Waals surface area (Å²) in [5, 5.41) is 4.25. The first-order valence-corrected chi connectivity index (χ1v) is 13.3. The molecule has 0 radical (unpaired) electrons. The molecule has 39 heavy (non-hydrogen) atoms. The van der Waals surface area contributed by atoms with Crippen molar-refractivity contribution in [2.75, 3.05) is 12.0 Å². The Labute approximate surface area is 225 Å². The van der Waals surface area contributed by atoms with Crippen molar-refractivity contribution < 1.29 is 14.3 Å². The van der Waals surface area contributed by atoms with E-state index in [0.717, 1.165) is 5.56 Å². The number of imide groups is 1. The minimum absolute atomic E-state index is 0.188. The summed E-state index contributed by atoms with van der Waals surface area (Å²) in [6.07, 6.45) is 0.688. The molecule has 0 aliphatic carbocycles. The van der Waals surface area contributed by atoms with Gasteiger partial charge in [-0.1, -0.05) is 50.2 Å². The van der Waals surface area contributed by atoms with Gasteiger partial charge in [-0.2, -0.15) is 0 Å². The zero-order chi connectivity index (χ0) is 27.1. The molecule has 196 valence electrons. The van der Waals surface area contributed by atoms with Gasteiger partial charge in [0.15, 0.2) is 0 Å². The predicted octanol–water partition coefficient (Wildman–Crippen LogP) is 3.78. The number of amides is 2. The molecule has 0 saturated carbocycles. The molecule has 4 aromatic rings. The van der Waals surface area contributed by atoms with Gasteiger partial charge < -0.3 is 4.74 Å². The van der Waals surface area contributed by atoms with E-state index in [-0.39, 0.29) is 29.3 Å². The molecule has 0 unspecified atom stereocenters. The van der Waals surface area contributed by atoms with Crippen LogP contribution in [0.1, 0.15) is 31.7 Å². The Morgan fingerprint density at radius 3 is 2.54 bits per heavy atom. The van der Waals surface area contributed by atoms with Crippen molar-refractivity contribution >= 4 is 28.4 Å². The molecule has 4 atom stereocenters. The van der Waals surface area contributed by atoms with Crippen molar-refractivity contribution in [3.63, 3.8) is 0 Å². The number of carbonyl (C=O) groups excluding carboxylic acids is 2. The molecule has 3 aliphatic heterocycles. The van der Waals surface area contributed by atoms with Crippen LogP contribution < -0.4 is 20.5 Å². The fourth-order valence-electron chi connectivity index (χ4n) is 6.93. The number of rotatable bonds is 4. The Morgan fingerprint density at radius 2 is 1.74 bits per heavy atom. The van der Waals surface area contributed by atoms with Crippen LogP contribution in [0.5, 0.6) is 5.75 Å². The molecule has 0 bridgehead atoms. The maximum absolute atomic E-state index is 14.5. The van der Waals surface area contributed by atoms with Gasteiger partial charge in [0, 0.05) is 17.7 Å². The van der Waals surface area contributed by atoms with Gasteiger partial charge in [0.25, 0.3) is 5.56 Å². The standard InChI is InChI=1S/C31H28N4O4/c1-17(2)15-23-25-26(29(38)34(28(25)37)18-9-8-10-19(16-18)39-3)31(33-23)21-12-5-7-14-24(21)35-27(36)20-11-4-6-13-22(20)32-30(31)35/h4-14,16-17,23,25-26,33H,15H2,1-3H3/t23-,25+,26-,31+/m1/s1. The first-order valence-electron chi connectivity index (χ1n) is 13.3. The predicted molar refractivity (Wildman–Crippen MR) is 147 cm³/mol. The minimum atomic E-state index is -1.13. The Bertz CT molecular complexity index is 1740. The summed E-state index contributed by atoms with van der Waals surface area (Å²) in [5.41, 5.74) is 1.20. The summed E-state index contributed by atoms with van der Waals surface area (Å²) in [6, 6.07) is 21.6. The molecule has 8 nitrogen and oxygen atoms in total. The second-order valence-corrected chi connectivity index (χ2v) is 11.0. The van der Waals surface area contributed by atoms with Crippen LogP contribution in [0.2, 0.25) is 0 Å². The molecular formula is C31H28N4O4. The number of ether oxygens (including phenoxy) is 1. The molecule has 2 fully saturated rings. The van der Waals surface area contributed by atoms with E-state index in [1.54, 1.807) is 42.0 Å². The van der Waals surface area contributed by atoms with Crippen LogP contribution in [0.15, 0.2) is 77.6 Å². The highest BCUT2D eigenvalue weighted by atomic mass is 16.5. The summed E-state index contributed by atoms with van der Waals surface area (Å²) in [5.74, 6) is -0.641. The van der Waals surface area contributed by atoms with E-state index in [1.165, 1.54) is 4.90 Å². The second-order valence-electron chi connectivity index (χ2n) is 11.0. The lowest BCUT2D eigenvalue weighted by atomic mass is 9.75. The molecule has 3 aromatic carbocycles. The topological polar surface area (TPSA) is 93.5 Å². The zero-order valence-corrected chi connectivity index (χ0v) is 21.9. The smallest absolute Gasteiger partial charge is 0.266 e. The SMILES string of the molecule is COc1cccc(N2C(=O)[C@H]3[C@@H](CC(C)C)N[C@@]4(c5ccccc5-n5c4nc4ccccc4c5=O)[C@H]3C2=O)c1. The quantitative estimate of drug-likeness (QED) is 0.412. The number of para-hydroxylation sites is 2. The van der Waals surface area contributed by atoms with Crippen LogP contribution in [-0.2, 0) is 15.1 Å². The van der Waals surface area contributed by atoms with Gasteiger partial charge >= 0.3 is 0 Å². The zero-order valence-electron chi connectivity index (χ0n) is 21.9. The third kappa shape index (κ3) is 3.09. The normalized spacial score (nSPS) is 25.0. The van der Waals surface area contributed by atoms with Crippen molar-refractivity contribution in [1.82, 2.24) is 14.9 Å². The van der Waals surface area contributed by atoms with Crippen molar-refractivity contribution in [2.45, 2.75) is 31.8 Å². The van der Waals surface area contributed by atoms with E-state index in [1.807, 2.05) is 42.5 Å². The molecule has 2 amide bonds. The number of nitrogens with zero attached hydrogens (tertiary/aromatic N) is 3. The molecule has 2 saturated heterocycles. The first kappa shape index (κ1) is 23.8. The number of methoxy groups -OCH3 is 1. The van der Waals surface area contributed by atoms with Crippen LogP contribution in [0.3, 0.4) is 0 Å². The molecule has 1 aromatic heterocycles. The lowest BCUT2D eigenvalue weighted by molar-refractivity contribution is -0.123. The van der Waals surface area contributed by atoms with Crippen molar-refractivity contribution in [1.29, 1.82) is 0 Å². The first-order chi connectivity index (χ1) is 18.9. The fraction of sp³-hybridized carbons (Fsp3) is 0.290. The van der Waals surface area contributed by atoms with E-state index < -0.39 is 17.4 Å². The Balaban J connectivity index is 1.51. The Kier molecular flexibility index (Phi) is 5.09. The van der Waals surface area contributed by atoms with Crippen molar-refractivity contribution in [3.8, 4) is 11.4 Å². The third-order valence-corrected chi connectivity index (χ3v) is 8.40. The van der Waals surface area contributed by atoms with Crippen LogP contribution in [0, 0.1) is 17.8 Å². The fourth-order valence-corrected chi connectivity index (χ4v) is 6.93. The summed E-state index contributed by atoms with van der Waals surface area (Å²) in [6.45, 7) is 4.21. The van der Waals surface area contributed by atoms with Gasteiger partial charge in [0.2, 0.25) is 11.8 Å². The number of benzene rings is 3. The Hall–Kier alpha value is -4.30. The number of hydrogen-bond donors (Lipinski definition) is 1. The van der Waals surface area contributed by atoms with E-state index in [9.17, 15) is 14.4 Å². The van der Waals surface area contributed by atoms with Gasteiger partial charge in [-0.15, -0.1) is 0 Å². The number of aromatic nitrogens is 2. The highest BCUT2D eigenvalue weighted by molar-refractivity contribution is 6.23. The molecule has 3 aliphatic rings. The largest absolute Gasteiger partial charge is 0.497 e. The highest BCUT2D eigenvalue weighted by Crippen LogP contribution is 2.56. The van der Waals surface area contributed by atoms with E-state index in [0.29, 0.717) is 40.3 Å². The summed E-state index contributed by atoms with van der Waals surface area (Å²) >= 11 is 0. The average Bonchev–Trinajstić information content (AvgIpc) is 3.51. The molecule has 7 rings (SSSR count). The average molecular weight is 521 g/mol. The van der Waals surface area contributed by atoms with Crippen molar-refractivity contribution in [3.05, 3.63) is 94.5 Å². The minimum Gasteiger partial charge on any atom is -0.497 e. The molecule has 1 N–H and O–H groups in total. The maximum atomic E-state index is 14.5. The molecule has 1 spiro atoms. The van der Waals surface area contributed by atoms with Gasteiger partial charge in [-0.3, -0.25) is 24.3 Å². The third-order valence-electron chi connectivity index (χ3n) is 8.40. The van der Waals surface area contributed by atoms with Gasteiger partial charge in [0.1, 0.15) is 17.1 Å². The number of carbonyl (C=O) groups is 2. The number of fused-ring (bicyclic) bond motifs is 8. The second kappa shape index (κ2) is 8.35.